The normalized spacial score (nSPS) is 23.0. The summed E-state index contributed by atoms with van der Waals surface area (Å²) >= 11 is 0. The smallest absolute Gasteiger partial charge is 0.351 e. The first-order valence-corrected chi connectivity index (χ1v) is 9.56. The summed E-state index contributed by atoms with van der Waals surface area (Å²) in [5, 5.41) is 12.3. The third-order valence-electron chi connectivity index (χ3n) is 3.80. The molecule has 0 saturated carbocycles. The average molecular weight is 436 g/mol. The van der Waals surface area contributed by atoms with E-state index in [4.69, 9.17) is 9.63 Å². The Morgan fingerprint density at radius 1 is 1.48 bits per heavy atom. The second-order valence-corrected chi connectivity index (χ2v) is 7.02. The Labute approximate surface area is 165 Å². The fourth-order valence-corrected chi connectivity index (χ4v) is 2.76. The first-order valence-electron chi connectivity index (χ1n) is 8.07. The number of nitrogens with zero attached hydrogens (tertiary/aromatic N) is 2. The molecule has 0 radical (unpaired) electrons. The summed E-state index contributed by atoms with van der Waals surface area (Å²) in [4.78, 5) is 57.8. The summed E-state index contributed by atoms with van der Waals surface area (Å²) in [6.07, 6.45) is -2.21. The number of aromatic nitrogens is 2. The molecule has 1 fully saturated rings. The molecule has 2 rings (SSSR count). The van der Waals surface area contributed by atoms with E-state index in [1.165, 1.54) is 19.4 Å². The molecule has 0 spiro atoms. The summed E-state index contributed by atoms with van der Waals surface area (Å²) in [6, 6.07) is 1.32. The van der Waals surface area contributed by atoms with Gasteiger partial charge in [0.1, 0.15) is 18.1 Å². The molecule has 1 aliphatic heterocycles. The van der Waals surface area contributed by atoms with Gasteiger partial charge in [-0.05, 0) is 6.07 Å². The van der Waals surface area contributed by atoms with Gasteiger partial charge in [-0.1, -0.05) is 7.43 Å². The monoisotopic (exact) mass is 436 g/mol. The topological polar surface area (TPSA) is 189 Å². The van der Waals surface area contributed by atoms with Gasteiger partial charge in [-0.2, -0.15) is 4.98 Å². The number of phosphoric acid groups is 1. The number of hydrogen-bond donors (Lipinski definition) is 3. The molecule has 1 saturated heterocycles. The number of hydrogen-bond acceptors (Lipinski definition) is 10. The van der Waals surface area contributed by atoms with Crippen molar-refractivity contribution in [2.45, 2.75) is 45.1 Å². The minimum Gasteiger partial charge on any atom is -0.756 e. The predicted octanol–water partition coefficient (Wildman–Crippen LogP) is -1.10. The largest absolute Gasteiger partial charge is 0.756 e. The Balaban J connectivity index is 0.00000420. The van der Waals surface area contributed by atoms with Crippen molar-refractivity contribution < 1.29 is 43.0 Å². The van der Waals surface area contributed by atoms with Crippen molar-refractivity contribution >= 4 is 25.5 Å². The molecule has 1 amide bonds. The predicted molar refractivity (Wildman–Crippen MR) is 95.4 cm³/mol. The van der Waals surface area contributed by atoms with Crippen LogP contribution in [0.1, 0.15) is 32.9 Å². The number of esters is 1. The second kappa shape index (κ2) is 10.6. The van der Waals surface area contributed by atoms with Crippen molar-refractivity contribution in [2.24, 2.45) is 0 Å². The van der Waals surface area contributed by atoms with Crippen LogP contribution in [0.25, 0.3) is 0 Å². The number of methoxy groups -OCH3 is 1. The average Bonchev–Trinajstić information content (AvgIpc) is 2.98. The lowest BCUT2D eigenvalue weighted by atomic mass is 10.2. The van der Waals surface area contributed by atoms with E-state index < -0.39 is 50.4 Å². The van der Waals surface area contributed by atoms with Gasteiger partial charge in [0.2, 0.25) is 5.91 Å². The van der Waals surface area contributed by atoms with E-state index in [-0.39, 0.29) is 32.5 Å². The number of ether oxygens (including phenoxy) is 2. The number of carbonyl (C=O) groups excluding carboxylic acids is 2. The van der Waals surface area contributed by atoms with Crippen molar-refractivity contribution in [1.82, 2.24) is 9.55 Å². The Kier molecular flexibility index (Phi) is 9.08. The maximum absolute atomic E-state index is 12.2. The molecule has 29 heavy (non-hydrogen) atoms. The van der Waals surface area contributed by atoms with Crippen molar-refractivity contribution in [3.63, 3.8) is 0 Å². The van der Waals surface area contributed by atoms with Crippen LogP contribution in [0.15, 0.2) is 17.1 Å². The lowest BCUT2D eigenvalue weighted by Gasteiger charge is -2.20. The molecule has 4 atom stereocenters. The number of aliphatic hydroxyl groups is 1. The minimum atomic E-state index is -4.97. The van der Waals surface area contributed by atoms with Crippen LogP contribution in [0.4, 0.5) is 5.82 Å². The molecule has 1 unspecified atom stereocenters. The van der Waals surface area contributed by atoms with Crippen molar-refractivity contribution in [1.29, 1.82) is 0 Å². The summed E-state index contributed by atoms with van der Waals surface area (Å²) in [5.41, 5.74) is -0.791. The number of amides is 1. The Bertz CT molecular complexity index is 823. The standard InChI is InChI=1S/C14H20N3O10P.CH4/c1-25-13(20)3-2-11(19)15-10-4-5-17(14(21)16-10)12-6-8(18)9(27-12)7-26-28(22,23)24;/h4-5,8-9,12,18H,2-3,6-7H2,1H3,(H2,22,23,24)(H,15,16,19,21);1H4/p-1/t8-,9-,12-;/m1./s1. The van der Waals surface area contributed by atoms with Gasteiger partial charge in [0, 0.05) is 19.0 Å². The van der Waals surface area contributed by atoms with Crippen LogP contribution in [0, 0.1) is 0 Å². The Morgan fingerprint density at radius 2 is 2.17 bits per heavy atom. The Morgan fingerprint density at radius 3 is 2.76 bits per heavy atom. The molecule has 1 aliphatic rings. The van der Waals surface area contributed by atoms with Gasteiger partial charge < -0.3 is 34.2 Å². The fourth-order valence-electron chi connectivity index (χ4n) is 2.43. The van der Waals surface area contributed by atoms with E-state index >= 15 is 0 Å². The molecule has 13 nitrogen and oxygen atoms in total. The van der Waals surface area contributed by atoms with Crippen LogP contribution in [-0.4, -0.2) is 57.4 Å². The first kappa shape index (κ1) is 24.9. The van der Waals surface area contributed by atoms with Crippen molar-refractivity contribution in [3.05, 3.63) is 22.7 Å². The highest BCUT2D eigenvalue weighted by molar-refractivity contribution is 7.44. The number of anilines is 1. The summed E-state index contributed by atoms with van der Waals surface area (Å²) in [6.45, 7) is -0.620. The van der Waals surface area contributed by atoms with E-state index in [2.05, 4.69) is 19.6 Å². The molecule has 1 aromatic rings. The Hall–Kier alpha value is -2.15. The van der Waals surface area contributed by atoms with Crippen LogP contribution >= 0.6 is 7.82 Å². The van der Waals surface area contributed by atoms with E-state index in [0.717, 1.165) is 4.57 Å². The maximum Gasteiger partial charge on any atom is 0.351 e. The lowest BCUT2D eigenvalue weighted by Crippen LogP contribution is -2.29. The van der Waals surface area contributed by atoms with Crippen LogP contribution in [0.2, 0.25) is 0 Å². The van der Waals surface area contributed by atoms with Gasteiger partial charge in [0.05, 0.1) is 26.2 Å². The molecular weight excluding hydrogens is 413 g/mol. The van der Waals surface area contributed by atoms with Crippen molar-refractivity contribution in [3.8, 4) is 0 Å². The highest BCUT2D eigenvalue weighted by Gasteiger charge is 2.36. The quantitative estimate of drug-likeness (QED) is 0.331. The van der Waals surface area contributed by atoms with E-state index in [0.29, 0.717) is 0 Å². The van der Waals surface area contributed by atoms with E-state index in [1.807, 2.05) is 0 Å². The van der Waals surface area contributed by atoms with Gasteiger partial charge in [0.15, 0.2) is 0 Å². The maximum atomic E-state index is 12.2. The molecular formula is C15H23N3O10P-. The van der Waals surface area contributed by atoms with E-state index in [9.17, 15) is 28.9 Å². The number of phosphoric ester groups is 1. The highest BCUT2D eigenvalue weighted by atomic mass is 31.2. The number of rotatable bonds is 8. The van der Waals surface area contributed by atoms with Gasteiger partial charge in [-0.15, -0.1) is 0 Å². The van der Waals surface area contributed by atoms with Gasteiger partial charge in [-0.3, -0.25) is 18.7 Å². The molecule has 3 N–H and O–H groups in total. The third-order valence-corrected chi connectivity index (χ3v) is 4.27. The first-order chi connectivity index (χ1) is 13.1. The zero-order chi connectivity index (χ0) is 20.9. The molecule has 0 aromatic carbocycles. The second-order valence-electron chi connectivity index (χ2n) is 5.82. The van der Waals surface area contributed by atoms with Gasteiger partial charge >= 0.3 is 11.7 Å². The zero-order valence-corrected chi connectivity index (χ0v) is 15.6. The van der Waals surface area contributed by atoms with Crippen molar-refractivity contribution in [2.75, 3.05) is 19.0 Å². The number of aliphatic hydroxyl groups excluding tert-OH is 1. The SMILES string of the molecule is C.COC(=O)CCC(=O)Nc1ccn([C@H]2C[C@@H](O)[C@@H](COP(=O)([O-])O)O2)c(=O)n1. The van der Waals surface area contributed by atoms with Crippen LogP contribution in [0.3, 0.4) is 0 Å². The highest BCUT2D eigenvalue weighted by Crippen LogP contribution is 2.34. The number of nitrogens with one attached hydrogen (secondary N) is 1. The van der Waals surface area contributed by atoms with Crippen LogP contribution in [-0.2, 0) is 28.2 Å². The number of carbonyl (C=O) groups is 2. The van der Waals surface area contributed by atoms with Crippen LogP contribution in [0.5, 0.6) is 0 Å². The molecule has 14 heteroatoms. The summed E-state index contributed by atoms with van der Waals surface area (Å²) in [7, 11) is -3.77. The van der Waals surface area contributed by atoms with Gasteiger partial charge in [0.25, 0.3) is 7.82 Å². The molecule has 0 aliphatic carbocycles. The molecule has 164 valence electrons. The molecule has 1 aromatic heterocycles. The van der Waals surface area contributed by atoms with Gasteiger partial charge in [-0.25, -0.2) is 4.79 Å². The minimum absolute atomic E-state index is 0. The summed E-state index contributed by atoms with van der Waals surface area (Å²) in [5.74, 6) is -1.13. The zero-order valence-electron chi connectivity index (χ0n) is 14.7. The molecule has 2 heterocycles. The third kappa shape index (κ3) is 7.65. The summed E-state index contributed by atoms with van der Waals surface area (Å²) < 4.78 is 25.7. The lowest BCUT2D eigenvalue weighted by molar-refractivity contribution is -0.223. The fraction of sp³-hybridized carbons (Fsp3) is 0.600. The van der Waals surface area contributed by atoms with Crippen LogP contribution < -0.4 is 15.9 Å². The van der Waals surface area contributed by atoms with E-state index in [1.54, 1.807) is 0 Å². The molecule has 0 bridgehead atoms.